The van der Waals surface area contributed by atoms with Gasteiger partial charge in [0.2, 0.25) is 0 Å². The molecule has 1 atom stereocenters. The molecule has 0 radical (unpaired) electrons. The van der Waals surface area contributed by atoms with Crippen molar-refractivity contribution in [2.45, 2.75) is 26.2 Å². The van der Waals surface area contributed by atoms with Gasteiger partial charge in [-0.15, -0.1) is 0 Å². The summed E-state index contributed by atoms with van der Waals surface area (Å²) in [6, 6.07) is 17.3. The lowest BCUT2D eigenvalue weighted by atomic mass is 9.83. The van der Waals surface area contributed by atoms with Crippen molar-refractivity contribution in [2.24, 2.45) is 0 Å². The molecule has 0 aliphatic rings. The molecule has 0 amide bonds. The molecule has 20 heavy (non-hydrogen) atoms. The van der Waals surface area contributed by atoms with Crippen LogP contribution in [0, 0.1) is 6.92 Å². The van der Waals surface area contributed by atoms with Crippen molar-refractivity contribution in [1.82, 2.24) is 0 Å². The molecule has 0 saturated heterocycles. The molecule has 0 saturated carbocycles. The fourth-order valence-corrected chi connectivity index (χ4v) is 2.69. The lowest BCUT2D eigenvalue weighted by Crippen LogP contribution is -2.03. The molecule has 0 fully saturated rings. The molecule has 0 N–H and O–H groups in total. The van der Waals surface area contributed by atoms with E-state index in [4.69, 9.17) is 0 Å². The van der Waals surface area contributed by atoms with Crippen molar-refractivity contribution in [3.8, 4) is 0 Å². The summed E-state index contributed by atoms with van der Waals surface area (Å²) in [6.45, 7) is 12.4. The molecule has 2 aromatic carbocycles. The van der Waals surface area contributed by atoms with Crippen LogP contribution in [0.15, 0.2) is 67.8 Å². The average molecular weight is 262 g/mol. The topological polar surface area (TPSA) is 0 Å². The first-order valence-corrected chi connectivity index (χ1v) is 7.14. The maximum absolute atomic E-state index is 4.13. The molecule has 0 nitrogen and oxygen atoms in total. The van der Waals surface area contributed by atoms with Gasteiger partial charge in [-0.25, -0.2) is 0 Å². The molecule has 0 heterocycles. The summed E-state index contributed by atoms with van der Waals surface area (Å²) in [6.07, 6.45) is 2.91. The van der Waals surface area contributed by atoms with E-state index >= 15 is 0 Å². The minimum absolute atomic E-state index is 0.405. The zero-order valence-electron chi connectivity index (χ0n) is 12.4. The van der Waals surface area contributed by atoms with E-state index < -0.39 is 0 Å². The Morgan fingerprint density at radius 3 is 2.45 bits per heavy atom. The first-order chi connectivity index (χ1) is 9.67. The fourth-order valence-electron chi connectivity index (χ4n) is 2.69. The van der Waals surface area contributed by atoms with Crippen LogP contribution in [0.2, 0.25) is 0 Å². The molecular formula is C20H22. The molecule has 1 unspecified atom stereocenters. The fraction of sp³-hybridized carbons (Fsp3) is 0.200. The zero-order valence-corrected chi connectivity index (χ0v) is 12.4. The highest BCUT2D eigenvalue weighted by molar-refractivity contribution is 5.74. The van der Waals surface area contributed by atoms with E-state index in [-0.39, 0.29) is 0 Å². The van der Waals surface area contributed by atoms with Gasteiger partial charge in [-0.2, -0.15) is 0 Å². The molecule has 0 spiro atoms. The van der Waals surface area contributed by atoms with Crippen LogP contribution in [0.25, 0.3) is 5.57 Å². The summed E-state index contributed by atoms with van der Waals surface area (Å²) in [5.41, 5.74) is 6.20. The Morgan fingerprint density at radius 1 is 1.15 bits per heavy atom. The summed E-state index contributed by atoms with van der Waals surface area (Å²) in [5, 5.41) is 0. The van der Waals surface area contributed by atoms with E-state index in [9.17, 15) is 0 Å². The Morgan fingerprint density at radius 2 is 1.85 bits per heavy atom. The largest absolute Gasteiger partial charge is 0.0985 e. The number of allylic oxidation sites excluding steroid dienone is 2. The molecule has 0 heteroatoms. The Kier molecular flexibility index (Phi) is 4.57. The smallest absolute Gasteiger partial charge is 0.00929 e. The highest BCUT2D eigenvalue weighted by Gasteiger charge is 2.16. The van der Waals surface area contributed by atoms with E-state index in [0.717, 1.165) is 12.0 Å². The number of hydrogen-bond donors (Lipinski definition) is 0. The van der Waals surface area contributed by atoms with Gasteiger partial charge in [0.15, 0.2) is 0 Å². The second-order valence-electron chi connectivity index (χ2n) is 5.19. The Bertz CT molecular complexity index is 605. The van der Waals surface area contributed by atoms with E-state index in [0.29, 0.717) is 5.92 Å². The van der Waals surface area contributed by atoms with Crippen molar-refractivity contribution in [3.63, 3.8) is 0 Å². The maximum atomic E-state index is 4.13. The third-order valence-electron chi connectivity index (χ3n) is 3.79. The van der Waals surface area contributed by atoms with Gasteiger partial charge in [-0.1, -0.05) is 80.3 Å². The average Bonchev–Trinajstić information content (AvgIpc) is 2.48. The van der Waals surface area contributed by atoms with Gasteiger partial charge in [0.1, 0.15) is 0 Å². The first kappa shape index (κ1) is 14.3. The SMILES string of the molecule is C=CC(=C)c1ccc(C)cc1C(CC)c1ccccc1. The van der Waals surface area contributed by atoms with Crippen LogP contribution < -0.4 is 0 Å². The summed E-state index contributed by atoms with van der Waals surface area (Å²) >= 11 is 0. The highest BCUT2D eigenvalue weighted by Crippen LogP contribution is 2.33. The molecule has 0 aliphatic heterocycles. The van der Waals surface area contributed by atoms with Gasteiger partial charge in [0.05, 0.1) is 0 Å². The van der Waals surface area contributed by atoms with Crippen LogP contribution in [0.1, 0.15) is 41.5 Å². The van der Waals surface area contributed by atoms with Gasteiger partial charge in [-0.05, 0) is 35.6 Å². The molecular weight excluding hydrogens is 240 g/mol. The Balaban J connectivity index is 2.56. The van der Waals surface area contributed by atoms with E-state index in [1.165, 1.54) is 22.3 Å². The number of hydrogen-bond acceptors (Lipinski definition) is 0. The van der Waals surface area contributed by atoms with E-state index in [1.54, 1.807) is 0 Å². The summed E-state index contributed by atoms with van der Waals surface area (Å²) in [5.74, 6) is 0.405. The molecule has 0 bridgehead atoms. The maximum Gasteiger partial charge on any atom is 0.00929 e. The monoisotopic (exact) mass is 262 g/mol. The van der Waals surface area contributed by atoms with Crippen LogP contribution in [0.4, 0.5) is 0 Å². The van der Waals surface area contributed by atoms with Crippen molar-refractivity contribution < 1.29 is 0 Å². The van der Waals surface area contributed by atoms with Gasteiger partial charge in [0, 0.05) is 5.92 Å². The lowest BCUT2D eigenvalue weighted by molar-refractivity contribution is 0.774. The van der Waals surface area contributed by atoms with E-state index in [2.05, 4.69) is 75.5 Å². The van der Waals surface area contributed by atoms with Crippen LogP contribution in [-0.4, -0.2) is 0 Å². The van der Waals surface area contributed by atoms with Crippen molar-refractivity contribution >= 4 is 5.57 Å². The Hall–Kier alpha value is -2.08. The van der Waals surface area contributed by atoms with Crippen LogP contribution >= 0.6 is 0 Å². The van der Waals surface area contributed by atoms with Crippen molar-refractivity contribution in [1.29, 1.82) is 0 Å². The summed E-state index contributed by atoms with van der Waals surface area (Å²) in [7, 11) is 0. The molecule has 0 aliphatic carbocycles. The number of benzene rings is 2. The minimum Gasteiger partial charge on any atom is -0.0985 e. The molecule has 2 aromatic rings. The molecule has 102 valence electrons. The third-order valence-corrected chi connectivity index (χ3v) is 3.79. The lowest BCUT2D eigenvalue weighted by Gasteiger charge is -2.21. The van der Waals surface area contributed by atoms with E-state index in [1.807, 2.05) is 6.08 Å². The minimum atomic E-state index is 0.405. The van der Waals surface area contributed by atoms with Crippen molar-refractivity contribution in [3.05, 3.63) is 90.0 Å². The number of aryl methyl sites for hydroxylation is 1. The second-order valence-corrected chi connectivity index (χ2v) is 5.19. The predicted octanol–water partition coefficient (Wildman–Crippen LogP) is 5.74. The van der Waals surface area contributed by atoms with Crippen LogP contribution in [0.5, 0.6) is 0 Å². The van der Waals surface area contributed by atoms with Gasteiger partial charge >= 0.3 is 0 Å². The van der Waals surface area contributed by atoms with Crippen molar-refractivity contribution in [2.75, 3.05) is 0 Å². The zero-order chi connectivity index (χ0) is 14.5. The standard InChI is InChI=1S/C20H22/c1-5-16(4)19-13-12-15(3)14-20(19)18(6-2)17-10-8-7-9-11-17/h5,7-14,18H,1,4,6H2,2-3H3. The Labute approximate surface area is 122 Å². The summed E-state index contributed by atoms with van der Waals surface area (Å²) < 4.78 is 0. The third kappa shape index (κ3) is 2.91. The molecule has 0 aromatic heterocycles. The number of rotatable bonds is 5. The van der Waals surface area contributed by atoms with Gasteiger partial charge in [0.25, 0.3) is 0 Å². The first-order valence-electron chi connectivity index (χ1n) is 7.14. The van der Waals surface area contributed by atoms with Gasteiger partial charge in [-0.3, -0.25) is 0 Å². The molecule has 2 rings (SSSR count). The second kappa shape index (κ2) is 6.38. The normalized spacial score (nSPS) is 11.9. The predicted molar refractivity (Wildman–Crippen MR) is 89.0 cm³/mol. The van der Waals surface area contributed by atoms with Crippen LogP contribution in [-0.2, 0) is 0 Å². The quantitative estimate of drug-likeness (QED) is 0.603. The summed E-state index contributed by atoms with van der Waals surface area (Å²) in [4.78, 5) is 0. The van der Waals surface area contributed by atoms with Gasteiger partial charge < -0.3 is 0 Å². The highest BCUT2D eigenvalue weighted by atomic mass is 14.2. The van der Waals surface area contributed by atoms with Crippen LogP contribution in [0.3, 0.4) is 0 Å².